The van der Waals surface area contributed by atoms with Crippen LogP contribution in [0, 0.1) is 34.6 Å². The molecule has 0 spiro atoms. The lowest BCUT2D eigenvalue weighted by Gasteiger charge is -2.17. The summed E-state index contributed by atoms with van der Waals surface area (Å²) in [7, 11) is 1.70. The maximum absolute atomic E-state index is 12.5. The van der Waals surface area contributed by atoms with E-state index in [0.717, 1.165) is 27.8 Å². The van der Waals surface area contributed by atoms with Gasteiger partial charge in [-0.3, -0.25) is 14.9 Å². The summed E-state index contributed by atoms with van der Waals surface area (Å²) in [5.41, 5.74) is 5.72. The second-order valence-electron chi connectivity index (χ2n) is 6.46. The van der Waals surface area contributed by atoms with Crippen LogP contribution in [-0.4, -0.2) is 29.0 Å². The number of benzene rings is 1. The van der Waals surface area contributed by atoms with E-state index in [9.17, 15) is 14.4 Å². The fourth-order valence-corrected chi connectivity index (χ4v) is 2.93. The van der Waals surface area contributed by atoms with Crippen molar-refractivity contribution >= 4 is 17.8 Å². The number of ether oxygens (including phenoxy) is 1. The zero-order chi connectivity index (χ0) is 19.6. The summed E-state index contributed by atoms with van der Waals surface area (Å²) in [5, 5.41) is 2.22. The molecule has 26 heavy (non-hydrogen) atoms. The highest BCUT2D eigenvalue weighted by Crippen LogP contribution is 2.26. The molecule has 0 bridgehead atoms. The molecule has 0 aliphatic heterocycles. The molecule has 1 aromatic heterocycles. The van der Waals surface area contributed by atoms with Crippen molar-refractivity contribution in [3.8, 4) is 0 Å². The standard InChI is InChI=1S/C20H24N2O4/c1-11-12(2)14(4)18(15(5)13(11)3)20(25)26-10-17(23)21-19(24)16-8-7-9-22(16)6/h7-9H,10H2,1-6H3,(H,21,23,24). The molecule has 0 radical (unpaired) electrons. The fourth-order valence-electron chi connectivity index (χ4n) is 2.93. The molecule has 0 unspecified atom stereocenters. The van der Waals surface area contributed by atoms with Crippen molar-refractivity contribution in [3.05, 3.63) is 57.4 Å². The Bertz CT molecular complexity index is 864. The third kappa shape index (κ3) is 3.69. The normalized spacial score (nSPS) is 10.5. The number of amides is 2. The van der Waals surface area contributed by atoms with Crippen LogP contribution < -0.4 is 5.32 Å². The van der Waals surface area contributed by atoms with E-state index in [2.05, 4.69) is 5.32 Å². The molecule has 0 saturated heterocycles. The van der Waals surface area contributed by atoms with Crippen LogP contribution in [0.4, 0.5) is 0 Å². The Morgan fingerprint density at radius 3 is 2.00 bits per heavy atom. The lowest BCUT2D eigenvalue weighted by molar-refractivity contribution is -0.123. The van der Waals surface area contributed by atoms with Gasteiger partial charge in [-0.05, 0) is 74.6 Å². The Morgan fingerprint density at radius 2 is 1.50 bits per heavy atom. The summed E-state index contributed by atoms with van der Waals surface area (Å²) in [6, 6.07) is 3.30. The van der Waals surface area contributed by atoms with E-state index in [1.165, 1.54) is 0 Å². The minimum Gasteiger partial charge on any atom is -0.452 e. The average molecular weight is 356 g/mol. The molecule has 1 aromatic carbocycles. The first-order chi connectivity index (χ1) is 12.1. The van der Waals surface area contributed by atoms with Crippen LogP contribution >= 0.6 is 0 Å². The molecule has 2 amide bonds. The van der Waals surface area contributed by atoms with E-state index in [-0.39, 0.29) is 0 Å². The number of nitrogens with one attached hydrogen (secondary N) is 1. The molecule has 0 atom stereocenters. The first kappa shape index (κ1) is 19.4. The van der Waals surface area contributed by atoms with Crippen molar-refractivity contribution in [2.24, 2.45) is 7.05 Å². The summed E-state index contributed by atoms with van der Waals surface area (Å²) < 4.78 is 6.74. The Balaban J connectivity index is 2.06. The van der Waals surface area contributed by atoms with Gasteiger partial charge in [0, 0.05) is 13.2 Å². The number of esters is 1. The van der Waals surface area contributed by atoms with Gasteiger partial charge in [-0.15, -0.1) is 0 Å². The highest BCUT2D eigenvalue weighted by Gasteiger charge is 2.21. The maximum atomic E-state index is 12.5. The van der Waals surface area contributed by atoms with Crippen molar-refractivity contribution < 1.29 is 19.1 Å². The van der Waals surface area contributed by atoms with Crippen molar-refractivity contribution in [1.29, 1.82) is 0 Å². The summed E-state index contributed by atoms with van der Waals surface area (Å²) in [6.45, 7) is 9.15. The smallest absolute Gasteiger partial charge is 0.339 e. The van der Waals surface area contributed by atoms with Crippen LogP contribution in [-0.2, 0) is 16.6 Å². The molecule has 0 aliphatic rings. The predicted molar refractivity (Wildman–Crippen MR) is 98.3 cm³/mol. The Hall–Kier alpha value is -2.89. The van der Waals surface area contributed by atoms with Crippen LogP contribution in [0.5, 0.6) is 0 Å². The number of aryl methyl sites for hydroxylation is 1. The molecule has 138 valence electrons. The molecule has 0 aliphatic carbocycles. The highest BCUT2D eigenvalue weighted by atomic mass is 16.5. The zero-order valence-electron chi connectivity index (χ0n) is 16.0. The highest BCUT2D eigenvalue weighted by molar-refractivity contribution is 6.05. The molecule has 1 N–H and O–H groups in total. The van der Waals surface area contributed by atoms with Crippen molar-refractivity contribution in [2.75, 3.05) is 6.61 Å². The van der Waals surface area contributed by atoms with Crippen molar-refractivity contribution in [3.63, 3.8) is 0 Å². The number of aromatic nitrogens is 1. The predicted octanol–water partition coefficient (Wildman–Crippen LogP) is 2.68. The number of carbonyl (C=O) groups excluding carboxylic acids is 3. The zero-order valence-corrected chi connectivity index (χ0v) is 16.0. The number of carbonyl (C=O) groups is 3. The Morgan fingerprint density at radius 1 is 0.962 bits per heavy atom. The Labute approximate surface area is 153 Å². The van der Waals surface area contributed by atoms with Gasteiger partial charge < -0.3 is 9.30 Å². The summed E-state index contributed by atoms with van der Waals surface area (Å²) in [5.74, 6) is -1.76. The number of nitrogens with zero attached hydrogens (tertiary/aromatic N) is 1. The largest absolute Gasteiger partial charge is 0.452 e. The van der Waals surface area contributed by atoms with Crippen molar-refractivity contribution in [2.45, 2.75) is 34.6 Å². The van der Waals surface area contributed by atoms with E-state index in [1.807, 2.05) is 34.6 Å². The number of hydrogen-bond acceptors (Lipinski definition) is 4. The van der Waals surface area contributed by atoms with Crippen LogP contribution in [0.1, 0.15) is 48.7 Å². The number of hydrogen-bond donors (Lipinski definition) is 1. The molecule has 0 saturated carbocycles. The maximum Gasteiger partial charge on any atom is 0.339 e. The molecule has 0 fully saturated rings. The van der Waals surface area contributed by atoms with Gasteiger partial charge >= 0.3 is 5.97 Å². The van der Waals surface area contributed by atoms with Gasteiger partial charge in [-0.2, -0.15) is 0 Å². The third-order valence-electron chi connectivity index (χ3n) is 4.97. The van der Waals surface area contributed by atoms with Gasteiger partial charge in [0.25, 0.3) is 11.8 Å². The van der Waals surface area contributed by atoms with Crippen LogP contribution in [0.25, 0.3) is 0 Å². The minimum atomic E-state index is -0.666. The molecule has 2 aromatic rings. The van der Waals surface area contributed by atoms with E-state index >= 15 is 0 Å². The second-order valence-corrected chi connectivity index (χ2v) is 6.46. The second kappa shape index (κ2) is 7.56. The number of imide groups is 1. The molecule has 6 nitrogen and oxygen atoms in total. The quantitative estimate of drug-likeness (QED) is 0.855. The topological polar surface area (TPSA) is 77.4 Å². The summed E-state index contributed by atoms with van der Waals surface area (Å²) >= 11 is 0. The van der Waals surface area contributed by atoms with Gasteiger partial charge in [-0.1, -0.05) is 0 Å². The molecule has 2 rings (SSSR count). The summed E-state index contributed by atoms with van der Waals surface area (Å²) in [4.78, 5) is 36.4. The van der Waals surface area contributed by atoms with Gasteiger partial charge in [0.05, 0.1) is 5.56 Å². The summed E-state index contributed by atoms with van der Waals surface area (Å²) in [6.07, 6.45) is 1.70. The van der Waals surface area contributed by atoms with Gasteiger partial charge in [0.15, 0.2) is 6.61 Å². The van der Waals surface area contributed by atoms with Gasteiger partial charge in [0.1, 0.15) is 5.69 Å². The minimum absolute atomic E-state index is 0.348. The monoisotopic (exact) mass is 356 g/mol. The van der Waals surface area contributed by atoms with Crippen LogP contribution in [0.2, 0.25) is 0 Å². The van der Waals surface area contributed by atoms with E-state index in [1.54, 1.807) is 29.9 Å². The van der Waals surface area contributed by atoms with E-state index in [0.29, 0.717) is 11.3 Å². The Kier molecular flexibility index (Phi) is 5.65. The van der Waals surface area contributed by atoms with Crippen molar-refractivity contribution in [1.82, 2.24) is 9.88 Å². The fraction of sp³-hybridized carbons (Fsp3) is 0.350. The lowest BCUT2D eigenvalue weighted by Crippen LogP contribution is -2.35. The van der Waals surface area contributed by atoms with Crippen LogP contribution in [0.3, 0.4) is 0 Å². The first-order valence-corrected chi connectivity index (χ1v) is 8.34. The number of rotatable bonds is 4. The van der Waals surface area contributed by atoms with Gasteiger partial charge in [-0.25, -0.2) is 4.79 Å². The van der Waals surface area contributed by atoms with E-state index < -0.39 is 24.4 Å². The molecule has 6 heteroatoms. The van der Waals surface area contributed by atoms with E-state index in [4.69, 9.17) is 4.74 Å². The SMILES string of the molecule is Cc1c(C)c(C)c(C(=O)OCC(=O)NC(=O)c2cccn2C)c(C)c1C. The van der Waals surface area contributed by atoms with Gasteiger partial charge in [0.2, 0.25) is 0 Å². The molecule has 1 heterocycles. The first-order valence-electron chi connectivity index (χ1n) is 8.34. The average Bonchev–Trinajstić information content (AvgIpc) is 3.02. The van der Waals surface area contributed by atoms with Crippen LogP contribution in [0.15, 0.2) is 18.3 Å². The third-order valence-corrected chi connectivity index (χ3v) is 4.97. The molecular weight excluding hydrogens is 332 g/mol. The molecular formula is C20H24N2O4. The lowest BCUT2D eigenvalue weighted by atomic mass is 9.90.